The molecule has 0 spiro atoms. The number of rotatable bonds is 3. The van der Waals surface area contributed by atoms with Crippen LogP contribution < -0.4 is 4.74 Å². The van der Waals surface area contributed by atoms with Gasteiger partial charge in [-0.15, -0.1) is 0 Å². The maximum atomic E-state index is 11.5. The average molecular weight is 234 g/mol. The predicted molar refractivity (Wildman–Crippen MR) is 61.3 cm³/mol. The molecule has 0 heterocycles. The first-order valence-electron chi connectivity index (χ1n) is 5.43. The Hall–Kier alpha value is -1.84. The zero-order chi connectivity index (χ0) is 12.4. The molecule has 0 amide bonds. The van der Waals surface area contributed by atoms with Crippen molar-refractivity contribution < 1.29 is 19.1 Å². The Morgan fingerprint density at radius 3 is 2.53 bits per heavy atom. The van der Waals surface area contributed by atoms with Crippen molar-refractivity contribution in [3.63, 3.8) is 0 Å². The molecule has 1 aliphatic rings. The lowest BCUT2D eigenvalue weighted by Crippen LogP contribution is -2.21. The summed E-state index contributed by atoms with van der Waals surface area (Å²) >= 11 is 0. The van der Waals surface area contributed by atoms with E-state index >= 15 is 0 Å². The quantitative estimate of drug-likeness (QED) is 0.750. The molecule has 1 aromatic carbocycles. The van der Waals surface area contributed by atoms with Crippen molar-refractivity contribution >= 4 is 11.8 Å². The number of hydrogen-bond donors (Lipinski definition) is 0. The number of hydrogen-bond acceptors (Lipinski definition) is 4. The Balaban J connectivity index is 2.27. The third-order valence-electron chi connectivity index (χ3n) is 3.05. The SMILES string of the molecule is COC(=O)c1ccc(C2CC(=O)C2)cc1OC. The standard InChI is InChI=1S/C13H14O4/c1-16-12-7-8(9-5-10(14)6-9)3-4-11(12)13(15)17-2/h3-4,7,9H,5-6H2,1-2H3. The van der Waals surface area contributed by atoms with Gasteiger partial charge in [0.1, 0.15) is 17.1 Å². The van der Waals surface area contributed by atoms with Gasteiger partial charge in [0.15, 0.2) is 0 Å². The van der Waals surface area contributed by atoms with Gasteiger partial charge in [0.05, 0.1) is 14.2 Å². The smallest absolute Gasteiger partial charge is 0.341 e. The minimum Gasteiger partial charge on any atom is -0.496 e. The van der Waals surface area contributed by atoms with Crippen LogP contribution in [0.5, 0.6) is 5.75 Å². The summed E-state index contributed by atoms with van der Waals surface area (Å²) in [6.07, 6.45) is 1.17. The first-order chi connectivity index (χ1) is 8.15. The van der Waals surface area contributed by atoms with Gasteiger partial charge in [-0.2, -0.15) is 0 Å². The van der Waals surface area contributed by atoms with Crippen LogP contribution in [0.1, 0.15) is 34.7 Å². The number of ether oxygens (including phenoxy) is 2. The number of methoxy groups -OCH3 is 2. The maximum absolute atomic E-state index is 11.5. The van der Waals surface area contributed by atoms with Crippen LogP contribution >= 0.6 is 0 Å². The molecule has 0 radical (unpaired) electrons. The molecule has 0 unspecified atom stereocenters. The van der Waals surface area contributed by atoms with E-state index < -0.39 is 5.97 Å². The molecule has 4 heteroatoms. The van der Waals surface area contributed by atoms with Crippen LogP contribution in [0.4, 0.5) is 0 Å². The number of carbonyl (C=O) groups is 2. The van der Waals surface area contributed by atoms with Crippen LogP contribution in [0, 0.1) is 0 Å². The highest BCUT2D eigenvalue weighted by Crippen LogP contribution is 2.36. The second-order valence-corrected chi connectivity index (χ2v) is 4.10. The second kappa shape index (κ2) is 4.57. The minimum absolute atomic E-state index is 0.267. The van der Waals surface area contributed by atoms with Gasteiger partial charge in [-0.1, -0.05) is 6.07 Å². The molecule has 0 bridgehead atoms. The summed E-state index contributed by atoms with van der Waals surface area (Å²) in [4.78, 5) is 22.4. The molecule has 0 saturated heterocycles. The fourth-order valence-corrected chi connectivity index (χ4v) is 1.97. The van der Waals surface area contributed by atoms with Gasteiger partial charge in [0.2, 0.25) is 0 Å². The lowest BCUT2D eigenvalue weighted by molar-refractivity contribution is -0.124. The highest BCUT2D eigenvalue weighted by atomic mass is 16.5. The number of esters is 1. The summed E-state index contributed by atoms with van der Waals surface area (Å²) < 4.78 is 9.83. The summed E-state index contributed by atoms with van der Waals surface area (Å²) in [7, 11) is 2.85. The molecule has 0 N–H and O–H groups in total. The number of Topliss-reactive ketones (excluding diaryl/α,β-unsaturated/α-hetero) is 1. The van der Waals surface area contributed by atoms with Crippen LogP contribution in [0.15, 0.2) is 18.2 Å². The van der Waals surface area contributed by atoms with Gasteiger partial charge in [-0.3, -0.25) is 4.79 Å². The second-order valence-electron chi connectivity index (χ2n) is 4.10. The van der Waals surface area contributed by atoms with Crippen molar-refractivity contribution in [2.75, 3.05) is 14.2 Å². The Morgan fingerprint density at radius 2 is 2.00 bits per heavy atom. The van der Waals surface area contributed by atoms with E-state index in [9.17, 15) is 9.59 Å². The molecule has 90 valence electrons. The zero-order valence-corrected chi connectivity index (χ0v) is 9.86. The first-order valence-corrected chi connectivity index (χ1v) is 5.43. The summed E-state index contributed by atoms with van der Waals surface area (Å²) in [6, 6.07) is 5.35. The van der Waals surface area contributed by atoms with E-state index in [4.69, 9.17) is 4.74 Å². The highest BCUT2D eigenvalue weighted by Gasteiger charge is 2.28. The Morgan fingerprint density at radius 1 is 1.29 bits per heavy atom. The molecule has 2 rings (SSSR count). The summed E-state index contributed by atoms with van der Waals surface area (Å²) in [5, 5.41) is 0. The number of ketones is 1. The Labute approximate surface area is 99.5 Å². The van der Waals surface area contributed by atoms with Crippen LogP contribution in [-0.2, 0) is 9.53 Å². The molecule has 1 aliphatic carbocycles. The fraction of sp³-hybridized carbons (Fsp3) is 0.385. The third kappa shape index (κ3) is 2.16. The molecule has 4 nitrogen and oxygen atoms in total. The molecular formula is C13H14O4. The highest BCUT2D eigenvalue weighted by molar-refractivity contribution is 5.93. The molecule has 1 aromatic rings. The lowest BCUT2D eigenvalue weighted by Gasteiger charge is -2.25. The van der Waals surface area contributed by atoms with Gasteiger partial charge >= 0.3 is 5.97 Å². The maximum Gasteiger partial charge on any atom is 0.341 e. The van der Waals surface area contributed by atoms with Crippen molar-refractivity contribution in [1.82, 2.24) is 0 Å². The first kappa shape index (κ1) is 11.6. The summed E-state index contributed by atoms with van der Waals surface area (Å²) in [5.41, 5.74) is 1.44. The van der Waals surface area contributed by atoms with Crippen molar-refractivity contribution in [3.8, 4) is 5.75 Å². The van der Waals surface area contributed by atoms with Crippen LogP contribution in [-0.4, -0.2) is 26.0 Å². The lowest BCUT2D eigenvalue weighted by atomic mass is 9.78. The van der Waals surface area contributed by atoms with Gasteiger partial charge in [0.25, 0.3) is 0 Å². The molecule has 0 aromatic heterocycles. The molecule has 17 heavy (non-hydrogen) atoms. The molecular weight excluding hydrogens is 220 g/mol. The van der Waals surface area contributed by atoms with Crippen molar-refractivity contribution in [3.05, 3.63) is 29.3 Å². The predicted octanol–water partition coefficient (Wildman–Crippen LogP) is 1.93. The van der Waals surface area contributed by atoms with Crippen LogP contribution in [0.2, 0.25) is 0 Å². The minimum atomic E-state index is -0.418. The normalized spacial score (nSPS) is 15.3. The monoisotopic (exact) mass is 234 g/mol. The Bertz CT molecular complexity index is 456. The van der Waals surface area contributed by atoms with E-state index in [1.807, 2.05) is 12.1 Å². The van der Waals surface area contributed by atoms with E-state index in [0.29, 0.717) is 24.2 Å². The number of benzene rings is 1. The van der Waals surface area contributed by atoms with E-state index in [1.54, 1.807) is 6.07 Å². The van der Waals surface area contributed by atoms with E-state index in [0.717, 1.165) is 5.56 Å². The van der Waals surface area contributed by atoms with Crippen LogP contribution in [0.25, 0.3) is 0 Å². The fourth-order valence-electron chi connectivity index (χ4n) is 1.97. The van der Waals surface area contributed by atoms with Crippen molar-refractivity contribution in [2.24, 2.45) is 0 Å². The zero-order valence-electron chi connectivity index (χ0n) is 9.86. The van der Waals surface area contributed by atoms with E-state index in [1.165, 1.54) is 14.2 Å². The van der Waals surface area contributed by atoms with Gasteiger partial charge in [-0.25, -0.2) is 4.79 Å². The van der Waals surface area contributed by atoms with Gasteiger partial charge < -0.3 is 9.47 Å². The molecule has 1 saturated carbocycles. The van der Waals surface area contributed by atoms with Crippen LogP contribution in [0.3, 0.4) is 0 Å². The van der Waals surface area contributed by atoms with Gasteiger partial charge in [0, 0.05) is 12.8 Å². The summed E-state index contributed by atoms with van der Waals surface area (Å²) in [5.74, 6) is 0.626. The Kier molecular flexibility index (Phi) is 3.13. The number of carbonyl (C=O) groups excluding carboxylic acids is 2. The molecule has 1 fully saturated rings. The van der Waals surface area contributed by atoms with E-state index in [-0.39, 0.29) is 11.7 Å². The largest absolute Gasteiger partial charge is 0.496 e. The molecule has 0 aliphatic heterocycles. The van der Waals surface area contributed by atoms with Crippen molar-refractivity contribution in [1.29, 1.82) is 0 Å². The average Bonchev–Trinajstić information content (AvgIpc) is 2.33. The van der Waals surface area contributed by atoms with Crippen molar-refractivity contribution in [2.45, 2.75) is 18.8 Å². The van der Waals surface area contributed by atoms with Gasteiger partial charge in [-0.05, 0) is 23.6 Å². The molecule has 0 atom stereocenters. The topological polar surface area (TPSA) is 52.6 Å². The third-order valence-corrected chi connectivity index (χ3v) is 3.05. The van der Waals surface area contributed by atoms with E-state index in [2.05, 4.69) is 4.74 Å². The summed E-state index contributed by atoms with van der Waals surface area (Å²) in [6.45, 7) is 0.